The summed E-state index contributed by atoms with van der Waals surface area (Å²) >= 11 is 0. The third-order valence-corrected chi connectivity index (χ3v) is 7.84. The fraction of sp³-hybridized carbons (Fsp3) is 0.519. The van der Waals surface area contributed by atoms with Crippen LogP contribution in [0, 0.1) is 11.3 Å². The van der Waals surface area contributed by atoms with Gasteiger partial charge in [0.25, 0.3) is 5.56 Å². The number of hydrogen-bond acceptors (Lipinski definition) is 7. The van der Waals surface area contributed by atoms with Gasteiger partial charge in [-0.3, -0.25) is 14.4 Å². The summed E-state index contributed by atoms with van der Waals surface area (Å²) in [5.74, 6) is 0. The highest BCUT2D eigenvalue weighted by atomic mass is 16.1. The zero-order chi connectivity index (χ0) is 26.3. The number of anilines is 1. The molecule has 194 valence electrons. The second-order valence-electron chi connectivity index (χ2n) is 9.94. The lowest BCUT2D eigenvalue weighted by molar-refractivity contribution is 0.0986. The van der Waals surface area contributed by atoms with Crippen molar-refractivity contribution in [1.29, 1.82) is 5.26 Å². The van der Waals surface area contributed by atoms with Crippen molar-refractivity contribution >= 4 is 22.4 Å². The lowest BCUT2D eigenvalue weighted by Gasteiger charge is -2.49. The van der Waals surface area contributed by atoms with Gasteiger partial charge in [-0.15, -0.1) is 0 Å². The number of hydrogen-bond donors (Lipinski definition) is 0. The van der Waals surface area contributed by atoms with Crippen LogP contribution in [0.15, 0.2) is 35.4 Å². The predicted octanol–water partition coefficient (Wildman–Crippen LogP) is 3.30. The Morgan fingerprint density at radius 3 is 2.59 bits per heavy atom. The SMILES string of the molecule is CCc1cn2nc([C@@H](C)N3C[C@H](CC)N(c4cc(=O)n(C)c5cn(CC#N)nc45)C[C@H]3CC)ccc2n1. The standard InChI is InChI=1S/C27H35N9O/c1-6-19-14-36-25(29-19)10-9-22(30-36)18(4)34-15-21(8-3)35(16-20(34)7-2)23-13-26(37)32(5)24-17-33(12-11-28)31-27(23)24/h9-10,13-14,17-18,20-21H,6-8,12,15-16H2,1-5H3/t18-,20-,21+/m1/s1. The molecule has 1 saturated heterocycles. The predicted molar refractivity (Wildman–Crippen MR) is 144 cm³/mol. The van der Waals surface area contributed by atoms with Crippen molar-refractivity contribution in [2.75, 3.05) is 18.0 Å². The number of aryl methyl sites for hydroxylation is 2. The molecule has 0 aliphatic carbocycles. The van der Waals surface area contributed by atoms with Gasteiger partial charge in [-0.2, -0.15) is 15.5 Å². The lowest BCUT2D eigenvalue weighted by atomic mass is 9.98. The van der Waals surface area contributed by atoms with Crippen molar-refractivity contribution in [2.24, 2.45) is 7.05 Å². The Morgan fingerprint density at radius 1 is 1.11 bits per heavy atom. The van der Waals surface area contributed by atoms with Gasteiger partial charge in [0.15, 0.2) is 5.65 Å². The van der Waals surface area contributed by atoms with Crippen LogP contribution in [-0.2, 0) is 20.0 Å². The number of nitriles is 1. The van der Waals surface area contributed by atoms with Gasteiger partial charge in [-0.25, -0.2) is 9.50 Å². The number of fused-ring (bicyclic) bond motifs is 2. The van der Waals surface area contributed by atoms with Gasteiger partial charge in [-0.05, 0) is 38.3 Å². The van der Waals surface area contributed by atoms with Gasteiger partial charge < -0.3 is 9.47 Å². The number of aromatic nitrogens is 6. The van der Waals surface area contributed by atoms with E-state index in [1.807, 2.05) is 10.7 Å². The maximum Gasteiger partial charge on any atom is 0.252 e. The largest absolute Gasteiger partial charge is 0.364 e. The van der Waals surface area contributed by atoms with Gasteiger partial charge in [0.1, 0.15) is 12.1 Å². The van der Waals surface area contributed by atoms with E-state index in [1.54, 1.807) is 28.6 Å². The summed E-state index contributed by atoms with van der Waals surface area (Å²) in [4.78, 5) is 22.5. The van der Waals surface area contributed by atoms with Crippen molar-refractivity contribution < 1.29 is 0 Å². The summed E-state index contributed by atoms with van der Waals surface area (Å²) in [7, 11) is 1.76. The Labute approximate surface area is 216 Å². The fourth-order valence-electron chi connectivity index (χ4n) is 5.58. The molecule has 5 rings (SSSR count). The Kier molecular flexibility index (Phi) is 6.73. The van der Waals surface area contributed by atoms with Crippen molar-refractivity contribution in [2.45, 2.75) is 71.6 Å². The number of pyridine rings is 1. The number of rotatable bonds is 7. The van der Waals surface area contributed by atoms with Crippen LogP contribution in [0.5, 0.6) is 0 Å². The molecule has 0 amide bonds. The molecular weight excluding hydrogens is 466 g/mol. The number of piperazine rings is 1. The molecule has 0 radical (unpaired) electrons. The van der Waals surface area contributed by atoms with Crippen LogP contribution in [0.2, 0.25) is 0 Å². The van der Waals surface area contributed by atoms with Crippen LogP contribution >= 0.6 is 0 Å². The molecule has 10 heteroatoms. The molecule has 3 atom stereocenters. The first-order chi connectivity index (χ1) is 17.9. The van der Waals surface area contributed by atoms with E-state index in [2.05, 4.69) is 60.7 Å². The van der Waals surface area contributed by atoms with E-state index >= 15 is 0 Å². The van der Waals surface area contributed by atoms with E-state index in [9.17, 15) is 10.1 Å². The molecule has 1 fully saturated rings. The molecule has 10 nitrogen and oxygen atoms in total. The summed E-state index contributed by atoms with van der Waals surface area (Å²) in [5, 5.41) is 18.8. The fourth-order valence-corrected chi connectivity index (χ4v) is 5.58. The minimum atomic E-state index is -0.0676. The van der Waals surface area contributed by atoms with Crippen molar-refractivity contribution in [1.82, 2.24) is 33.8 Å². The van der Waals surface area contributed by atoms with Crippen LogP contribution in [0.1, 0.15) is 58.0 Å². The smallest absolute Gasteiger partial charge is 0.252 e. The minimum absolute atomic E-state index is 0.0676. The highest BCUT2D eigenvalue weighted by molar-refractivity contribution is 5.88. The van der Waals surface area contributed by atoms with E-state index in [-0.39, 0.29) is 30.2 Å². The van der Waals surface area contributed by atoms with Gasteiger partial charge in [0, 0.05) is 38.3 Å². The number of nitrogens with zero attached hydrogens (tertiary/aromatic N) is 9. The molecule has 1 aliphatic heterocycles. The van der Waals surface area contributed by atoms with E-state index in [1.165, 1.54) is 0 Å². The van der Waals surface area contributed by atoms with Crippen molar-refractivity contribution in [3.8, 4) is 6.07 Å². The molecule has 1 aliphatic rings. The van der Waals surface area contributed by atoms with Crippen LogP contribution in [0.3, 0.4) is 0 Å². The van der Waals surface area contributed by atoms with E-state index in [4.69, 9.17) is 10.2 Å². The average Bonchev–Trinajstić information content (AvgIpc) is 3.53. The van der Waals surface area contributed by atoms with Crippen molar-refractivity contribution in [3.63, 3.8) is 0 Å². The zero-order valence-electron chi connectivity index (χ0n) is 22.3. The molecule has 0 saturated carbocycles. The summed E-state index contributed by atoms with van der Waals surface area (Å²) in [6.45, 7) is 10.5. The molecule has 37 heavy (non-hydrogen) atoms. The Bertz CT molecular complexity index is 1520. The quantitative estimate of drug-likeness (QED) is 0.383. The lowest BCUT2D eigenvalue weighted by Crippen LogP contribution is -2.59. The monoisotopic (exact) mass is 501 g/mol. The second kappa shape index (κ2) is 9.98. The van der Waals surface area contributed by atoms with Gasteiger partial charge >= 0.3 is 0 Å². The minimum Gasteiger partial charge on any atom is -0.364 e. The topological polar surface area (TPSA) is 100 Å². The van der Waals surface area contributed by atoms with Crippen LogP contribution in [0.4, 0.5) is 5.69 Å². The molecule has 0 aromatic carbocycles. The third-order valence-electron chi connectivity index (χ3n) is 7.84. The Balaban J connectivity index is 1.49. The molecule has 4 aromatic rings. The maximum absolute atomic E-state index is 12.9. The highest BCUT2D eigenvalue weighted by Gasteiger charge is 2.36. The van der Waals surface area contributed by atoms with E-state index < -0.39 is 0 Å². The van der Waals surface area contributed by atoms with Crippen molar-refractivity contribution in [3.05, 3.63) is 52.3 Å². The van der Waals surface area contributed by atoms with Crippen LogP contribution in [-0.4, -0.2) is 59.0 Å². The van der Waals surface area contributed by atoms with E-state index in [0.29, 0.717) is 0 Å². The molecule has 0 spiro atoms. The molecular formula is C27H35N9O. The highest BCUT2D eigenvalue weighted by Crippen LogP contribution is 2.34. The summed E-state index contributed by atoms with van der Waals surface area (Å²) in [6, 6.07) is 8.64. The first-order valence-electron chi connectivity index (χ1n) is 13.2. The third kappa shape index (κ3) is 4.37. The van der Waals surface area contributed by atoms with Crippen LogP contribution in [0.25, 0.3) is 16.7 Å². The number of imidazole rings is 1. The van der Waals surface area contributed by atoms with Crippen LogP contribution < -0.4 is 10.5 Å². The normalized spacial score (nSPS) is 19.5. The molecule has 0 bridgehead atoms. The summed E-state index contributed by atoms with van der Waals surface area (Å²) in [5.41, 5.74) is 5.26. The average molecular weight is 502 g/mol. The zero-order valence-corrected chi connectivity index (χ0v) is 22.3. The Morgan fingerprint density at radius 2 is 1.89 bits per heavy atom. The second-order valence-corrected chi connectivity index (χ2v) is 9.94. The summed E-state index contributed by atoms with van der Waals surface area (Å²) < 4.78 is 5.12. The Hall–Kier alpha value is -3.71. The maximum atomic E-state index is 12.9. The molecule has 0 unspecified atom stereocenters. The summed E-state index contributed by atoms with van der Waals surface area (Å²) in [6.07, 6.45) is 6.60. The molecule has 5 heterocycles. The first kappa shape index (κ1) is 25.0. The first-order valence-corrected chi connectivity index (χ1v) is 13.2. The molecule has 0 N–H and O–H groups in total. The molecule has 4 aromatic heterocycles. The van der Waals surface area contributed by atoms with Gasteiger partial charge in [0.05, 0.1) is 47.1 Å². The van der Waals surface area contributed by atoms with Gasteiger partial charge in [-0.1, -0.05) is 20.8 Å². The van der Waals surface area contributed by atoms with E-state index in [0.717, 1.165) is 66.1 Å². The van der Waals surface area contributed by atoms with Gasteiger partial charge in [0.2, 0.25) is 0 Å².